The number of carbonyl (C=O) groups is 1. The van der Waals surface area contributed by atoms with Gasteiger partial charge in [0.1, 0.15) is 5.52 Å². The molecule has 4 aromatic heterocycles. The molecule has 158 valence electrons. The topological polar surface area (TPSA) is 100 Å². The van der Waals surface area contributed by atoms with Crippen LogP contribution in [0.4, 0.5) is 11.8 Å². The summed E-state index contributed by atoms with van der Waals surface area (Å²) in [6, 6.07) is 10.0. The van der Waals surface area contributed by atoms with E-state index in [1.165, 1.54) is 0 Å². The maximum atomic E-state index is 11.5. The molecule has 5 rings (SSSR count). The Hall–Kier alpha value is -3.75. The molecule has 0 aromatic carbocycles. The smallest absolute Gasteiger partial charge is 0.243 e. The zero-order valence-corrected chi connectivity index (χ0v) is 17.5. The molecule has 5 heterocycles. The highest BCUT2D eigenvalue weighted by molar-refractivity contribution is 5.89. The number of hydrogen-bond donors (Lipinski definition) is 2. The lowest BCUT2D eigenvalue weighted by Gasteiger charge is -2.31. The van der Waals surface area contributed by atoms with Gasteiger partial charge in [-0.25, -0.2) is 9.50 Å². The summed E-state index contributed by atoms with van der Waals surface area (Å²) in [5.74, 6) is 1.43. The first kappa shape index (κ1) is 19.2. The number of piperidine rings is 1. The first-order valence-corrected chi connectivity index (χ1v) is 10.4. The number of hydrogen-bond acceptors (Lipinski definition) is 7. The minimum Gasteiger partial charge on any atom is -0.371 e. The number of carbonyl (C=O) groups excluding carboxylic acids is 1. The summed E-state index contributed by atoms with van der Waals surface area (Å²) >= 11 is 0. The molecule has 0 aliphatic carbocycles. The van der Waals surface area contributed by atoms with Crippen molar-refractivity contribution in [1.29, 1.82) is 0 Å². The average Bonchev–Trinajstić information content (AvgIpc) is 3.22. The van der Waals surface area contributed by atoms with Gasteiger partial charge in [-0.1, -0.05) is 0 Å². The Kier molecular flexibility index (Phi) is 4.85. The zero-order chi connectivity index (χ0) is 21.4. The van der Waals surface area contributed by atoms with Crippen LogP contribution in [-0.4, -0.2) is 61.6 Å². The summed E-state index contributed by atoms with van der Waals surface area (Å²) in [7, 11) is 1.85. The van der Waals surface area contributed by atoms with Crippen molar-refractivity contribution < 1.29 is 4.79 Å². The molecule has 0 unspecified atom stereocenters. The van der Waals surface area contributed by atoms with Gasteiger partial charge in [-0.05, 0) is 43.2 Å². The van der Waals surface area contributed by atoms with E-state index in [0.717, 1.165) is 59.6 Å². The van der Waals surface area contributed by atoms with Gasteiger partial charge in [0.05, 0.1) is 16.7 Å². The molecule has 0 saturated carbocycles. The Morgan fingerprint density at radius 3 is 2.71 bits per heavy atom. The highest BCUT2D eigenvalue weighted by atomic mass is 16.2. The fourth-order valence-electron chi connectivity index (χ4n) is 4.09. The van der Waals surface area contributed by atoms with Gasteiger partial charge >= 0.3 is 0 Å². The predicted octanol–water partition coefficient (Wildman–Crippen LogP) is 2.80. The van der Waals surface area contributed by atoms with Crippen LogP contribution in [0.1, 0.15) is 19.8 Å². The Balaban J connectivity index is 1.46. The molecule has 0 spiro atoms. The van der Waals surface area contributed by atoms with Gasteiger partial charge in [0, 0.05) is 51.1 Å². The molecule has 0 atom stereocenters. The number of nitrogens with zero attached hydrogens (tertiary/aromatic N) is 6. The van der Waals surface area contributed by atoms with Crippen LogP contribution in [0.3, 0.4) is 0 Å². The molecular weight excluding hydrogens is 392 g/mol. The Morgan fingerprint density at radius 1 is 1.10 bits per heavy atom. The third-order valence-electron chi connectivity index (χ3n) is 5.75. The molecule has 1 saturated heterocycles. The third kappa shape index (κ3) is 3.63. The fourth-order valence-corrected chi connectivity index (χ4v) is 4.09. The molecule has 1 fully saturated rings. The van der Waals surface area contributed by atoms with E-state index in [9.17, 15) is 4.79 Å². The summed E-state index contributed by atoms with van der Waals surface area (Å²) in [5.41, 5.74) is 4.38. The van der Waals surface area contributed by atoms with Crippen LogP contribution in [0.5, 0.6) is 0 Å². The molecule has 1 amide bonds. The summed E-state index contributed by atoms with van der Waals surface area (Å²) in [6.07, 6.45) is 5.44. The second kappa shape index (κ2) is 7.82. The van der Waals surface area contributed by atoms with E-state index in [4.69, 9.17) is 9.97 Å². The molecule has 9 heteroatoms. The van der Waals surface area contributed by atoms with E-state index in [-0.39, 0.29) is 11.9 Å². The molecule has 1 aliphatic rings. The summed E-state index contributed by atoms with van der Waals surface area (Å²) in [6.45, 7) is 3.13. The summed E-state index contributed by atoms with van der Waals surface area (Å²) in [4.78, 5) is 27.3. The fraction of sp³-hybridized carbons (Fsp3) is 0.318. The number of fused-ring (bicyclic) bond motifs is 2. The molecule has 1 aliphatic heterocycles. The number of amides is 1. The van der Waals surface area contributed by atoms with E-state index >= 15 is 0 Å². The maximum absolute atomic E-state index is 11.5. The van der Waals surface area contributed by atoms with Gasteiger partial charge in [-0.15, -0.1) is 5.10 Å². The lowest BCUT2D eigenvalue weighted by molar-refractivity contribution is -0.129. The quantitative estimate of drug-likeness (QED) is 0.528. The number of nitrogens with one attached hydrogen (secondary N) is 2. The molecular formula is C22H24N8O. The molecule has 9 nitrogen and oxygen atoms in total. The largest absolute Gasteiger partial charge is 0.371 e. The maximum Gasteiger partial charge on any atom is 0.243 e. The standard InChI is InChI=1S/C22H24N8O/c1-14(31)29-11-7-15(8-12-29)25-22-27-21(23-2)20-16(9-13-30(20)28-22)17-5-6-18-19(26-17)4-3-10-24-18/h3-6,9-10,13,15H,7-8,11-12H2,1-2H3,(H2,23,25,27,28). The molecule has 0 radical (unpaired) electrons. The van der Waals surface area contributed by atoms with Crippen LogP contribution in [-0.2, 0) is 4.79 Å². The van der Waals surface area contributed by atoms with Crippen molar-refractivity contribution in [2.75, 3.05) is 30.8 Å². The van der Waals surface area contributed by atoms with Crippen LogP contribution < -0.4 is 10.6 Å². The molecule has 2 N–H and O–H groups in total. The van der Waals surface area contributed by atoms with Crippen LogP contribution >= 0.6 is 0 Å². The van der Waals surface area contributed by atoms with Gasteiger partial charge in [0.2, 0.25) is 11.9 Å². The van der Waals surface area contributed by atoms with Crippen molar-refractivity contribution in [1.82, 2.24) is 29.5 Å². The predicted molar refractivity (Wildman–Crippen MR) is 120 cm³/mol. The highest BCUT2D eigenvalue weighted by Crippen LogP contribution is 2.30. The van der Waals surface area contributed by atoms with Crippen molar-refractivity contribution in [2.45, 2.75) is 25.8 Å². The van der Waals surface area contributed by atoms with Crippen molar-refractivity contribution in [3.63, 3.8) is 0 Å². The minimum atomic E-state index is 0.131. The number of likely N-dealkylation sites (tertiary alicyclic amines) is 1. The van der Waals surface area contributed by atoms with Crippen LogP contribution in [0.25, 0.3) is 27.8 Å². The van der Waals surface area contributed by atoms with Crippen molar-refractivity contribution in [2.24, 2.45) is 0 Å². The van der Waals surface area contributed by atoms with E-state index in [1.54, 1.807) is 13.1 Å². The van der Waals surface area contributed by atoms with Crippen molar-refractivity contribution in [3.8, 4) is 11.3 Å². The lowest BCUT2D eigenvalue weighted by Crippen LogP contribution is -2.41. The summed E-state index contributed by atoms with van der Waals surface area (Å²) < 4.78 is 1.83. The number of rotatable bonds is 4. The van der Waals surface area contributed by atoms with Gasteiger partial charge < -0.3 is 15.5 Å². The third-order valence-corrected chi connectivity index (χ3v) is 5.75. The van der Waals surface area contributed by atoms with E-state index in [1.807, 2.05) is 53.0 Å². The van der Waals surface area contributed by atoms with E-state index in [2.05, 4.69) is 20.7 Å². The second-order valence-corrected chi connectivity index (χ2v) is 7.72. The second-order valence-electron chi connectivity index (χ2n) is 7.72. The van der Waals surface area contributed by atoms with Crippen molar-refractivity contribution >= 4 is 34.2 Å². The number of aromatic nitrogens is 5. The van der Waals surface area contributed by atoms with Crippen molar-refractivity contribution in [3.05, 3.63) is 42.7 Å². The monoisotopic (exact) mass is 416 g/mol. The first-order valence-electron chi connectivity index (χ1n) is 10.4. The van der Waals surface area contributed by atoms with Crippen LogP contribution in [0.15, 0.2) is 42.7 Å². The van der Waals surface area contributed by atoms with Gasteiger partial charge in [-0.2, -0.15) is 4.98 Å². The highest BCUT2D eigenvalue weighted by Gasteiger charge is 2.22. The zero-order valence-electron chi connectivity index (χ0n) is 17.5. The normalized spacial score (nSPS) is 14.8. The van der Waals surface area contributed by atoms with Crippen LogP contribution in [0, 0.1) is 0 Å². The van der Waals surface area contributed by atoms with Gasteiger partial charge in [0.25, 0.3) is 0 Å². The Labute approximate surface area is 179 Å². The average molecular weight is 416 g/mol. The molecule has 0 bridgehead atoms. The minimum absolute atomic E-state index is 0.131. The number of pyridine rings is 2. The summed E-state index contributed by atoms with van der Waals surface area (Å²) in [5, 5.41) is 11.3. The van der Waals surface area contributed by atoms with Gasteiger partial charge in [0.15, 0.2) is 5.82 Å². The van der Waals surface area contributed by atoms with E-state index < -0.39 is 0 Å². The number of anilines is 2. The van der Waals surface area contributed by atoms with Gasteiger partial charge in [-0.3, -0.25) is 9.78 Å². The molecule has 31 heavy (non-hydrogen) atoms. The lowest BCUT2D eigenvalue weighted by atomic mass is 10.1. The Bertz CT molecular complexity index is 1260. The van der Waals surface area contributed by atoms with E-state index in [0.29, 0.717) is 5.95 Å². The first-order chi connectivity index (χ1) is 15.1. The Morgan fingerprint density at radius 2 is 1.94 bits per heavy atom. The van der Waals surface area contributed by atoms with Crippen LogP contribution in [0.2, 0.25) is 0 Å². The molecule has 4 aromatic rings. The SMILES string of the molecule is CNc1nc(NC2CCN(C(C)=O)CC2)nn2ccc(-c3ccc4ncccc4n3)c12.